The first-order valence-electron chi connectivity index (χ1n) is 7.22. The molecule has 2 aromatic carbocycles. The molecule has 6 heteroatoms. The molecule has 0 aliphatic rings. The molecule has 24 heavy (non-hydrogen) atoms. The molecule has 0 spiro atoms. The number of hydrogen-bond acceptors (Lipinski definition) is 3. The lowest BCUT2D eigenvalue weighted by molar-refractivity contribution is 0.0939. The molecular weight excluding hydrogens is 438 g/mol. The average molecular weight is 453 g/mol. The van der Waals surface area contributed by atoms with Crippen LogP contribution in [0.15, 0.2) is 45.5 Å². The van der Waals surface area contributed by atoms with E-state index in [1.807, 2.05) is 36.4 Å². The number of rotatable bonds is 3. The highest BCUT2D eigenvalue weighted by molar-refractivity contribution is 9.11. The molecule has 4 nitrogen and oxygen atoms in total. The van der Waals surface area contributed by atoms with Gasteiger partial charge < -0.3 is 9.47 Å². The maximum atomic E-state index is 12.3. The van der Waals surface area contributed by atoms with Crippen molar-refractivity contribution in [3.8, 4) is 22.6 Å². The van der Waals surface area contributed by atoms with Gasteiger partial charge in [-0.25, -0.2) is 0 Å². The van der Waals surface area contributed by atoms with Crippen molar-refractivity contribution in [2.45, 2.75) is 6.92 Å². The number of aromatic nitrogens is 1. The van der Waals surface area contributed by atoms with Gasteiger partial charge in [0.2, 0.25) is 5.91 Å². The van der Waals surface area contributed by atoms with Gasteiger partial charge in [-0.2, -0.15) is 0 Å². The predicted octanol–water partition coefficient (Wildman–Crippen LogP) is 5.51. The summed E-state index contributed by atoms with van der Waals surface area (Å²) in [7, 11) is 3.19. The Morgan fingerprint density at radius 1 is 1.04 bits per heavy atom. The third-order valence-electron chi connectivity index (χ3n) is 3.86. The Hall–Kier alpha value is -1.79. The smallest absolute Gasteiger partial charge is 0.228 e. The molecule has 1 heterocycles. The molecule has 0 unspecified atom stereocenters. The van der Waals surface area contributed by atoms with Crippen molar-refractivity contribution in [3.05, 3.63) is 45.5 Å². The number of benzene rings is 2. The van der Waals surface area contributed by atoms with Crippen LogP contribution < -0.4 is 9.47 Å². The maximum absolute atomic E-state index is 12.3. The number of nitrogens with zero attached hydrogens (tertiary/aromatic N) is 1. The van der Waals surface area contributed by atoms with E-state index < -0.39 is 0 Å². The lowest BCUT2D eigenvalue weighted by atomic mass is 10.0. The van der Waals surface area contributed by atoms with Crippen LogP contribution in [0.5, 0.6) is 11.5 Å². The standard InChI is InChI=1S/C18H15Br2NO3/c1-10(22)21-17-15(12(23-2)9-13(24-3)16(17)19)14(18(21)20)11-7-5-4-6-8-11/h4-9H,1-3H3. The van der Waals surface area contributed by atoms with E-state index in [2.05, 4.69) is 31.9 Å². The zero-order chi connectivity index (χ0) is 17.4. The molecule has 3 aromatic rings. The normalized spacial score (nSPS) is 10.9. The van der Waals surface area contributed by atoms with Crippen LogP contribution >= 0.6 is 31.9 Å². The monoisotopic (exact) mass is 451 g/mol. The van der Waals surface area contributed by atoms with Gasteiger partial charge in [0.05, 0.1) is 29.6 Å². The Kier molecular flexibility index (Phi) is 4.69. The Morgan fingerprint density at radius 3 is 2.21 bits per heavy atom. The first-order valence-corrected chi connectivity index (χ1v) is 8.80. The lowest BCUT2D eigenvalue weighted by Gasteiger charge is -2.11. The Morgan fingerprint density at radius 2 is 1.67 bits per heavy atom. The maximum Gasteiger partial charge on any atom is 0.228 e. The largest absolute Gasteiger partial charge is 0.496 e. The topological polar surface area (TPSA) is 40.5 Å². The Balaban J connectivity index is 2.56. The zero-order valence-corrected chi connectivity index (χ0v) is 16.6. The van der Waals surface area contributed by atoms with Crippen LogP contribution in [0.1, 0.15) is 11.7 Å². The summed E-state index contributed by atoms with van der Waals surface area (Å²) in [4.78, 5) is 12.3. The number of carbonyl (C=O) groups excluding carboxylic acids is 1. The van der Waals surface area contributed by atoms with Gasteiger partial charge in [-0.15, -0.1) is 0 Å². The highest BCUT2D eigenvalue weighted by Gasteiger charge is 2.26. The molecule has 3 rings (SSSR count). The number of hydrogen-bond donors (Lipinski definition) is 0. The van der Waals surface area contributed by atoms with E-state index >= 15 is 0 Å². The van der Waals surface area contributed by atoms with Crippen LogP contribution in [0.4, 0.5) is 0 Å². The summed E-state index contributed by atoms with van der Waals surface area (Å²) in [5.74, 6) is 1.14. The van der Waals surface area contributed by atoms with Gasteiger partial charge in [0.25, 0.3) is 0 Å². The molecule has 0 atom stereocenters. The van der Waals surface area contributed by atoms with Crippen molar-refractivity contribution in [1.29, 1.82) is 0 Å². The zero-order valence-electron chi connectivity index (χ0n) is 13.4. The van der Waals surface area contributed by atoms with E-state index in [9.17, 15) is 4.79 Å². The fraction of sp³-hybridized carbons (Fsp3) is 0.167. The number of fused-ring (bicyclic) bond motifs is 1. The summed E-state index contributed by atoms with van der Waals surface area (Å²) in [5.41, 5.74) is 2.61. The lowest BCUT2D eigenvalue weighted by Crippen LogP contribution is -2.06. The van der Waals surface area contributed by atoms with Crippen molar-refractivity contribution in [3.63, 3.8) is 0 Å². The minimum Gasteiger partial charge on any atom is -0.496 e. The molecule has 0 fully saturated rings. The highest BCUT2D eigenvalue weighted by atomic mass is 79.9. The summed E-state index contributed by atoms with van der Waals surface area (Å²) < 4.78 is 14.0. The second-order valence-electron chi connectivity index (χ2n) is 5.20. The quantitative estimate of drug-likeness (QED) is 0.525. The molecular formula is C18H15Br2NO3. The van der Waals surface area contributed by atoms with Crippen LogP contribution in [0.25, 0.3) is 22.0 Å². The number of methoxy groups -OCH3 is 2. The van der Waals surface area contributed by atoms with Crippen molar-refractivity contribution in [1.82, 2.24) is 4.57 Å². The molecule has 1 aromatic heterocycles. The van der Waals surface area contributed by atoms with Crippen LogP contribution in [0.3, 0.4) is 0 Å². The first kappa shape index (κ1) is 17.0. The molecule has 0 aliphatic heterocycles. The number of ether oxygens (including phenoxy) is 2. The fourth-order valence-electron chi connectivity index (χ4n) is 2.84. The van der Waals surface area contributed by atoms with E-state index in [-0.39, 0.29) is 5.91 Å². The summed E-state index contributed by atoms with van der Waals surface area (Å²) >= 11 is 7.17. The van der Waals surface area contributed by atoms with Crippen LogP contribution in [-0.4, -0.2) is 24.7 Å². The van der Waals surface area contributed by atoms with Crippen LogP contribution in [0.2, 0.25) is 0 Å². The summed E-state index contributed by atoms with van der Waals surface area (Å²) in [6, 6.07) is 11.7. The van der Waals surface area contributed by atoms with E-state index in [0.717, 1.165) is 16.5 Å². The first-order chi connectivity index (χ1) is 11.5. The molecule has 0 N–H and O–H groups in total. The number of carbonyl (C=O) groups is 1. The summed E-state index contributed by atoms with van der Waals surface area (Å²) in [5, 5.41) is 0.846. The van der Waals surface area contributed by atoms with E-state index in [1.165, 1.54) is 6.92 Å². The van der Waals surface area contributed by atoms with Gasteiger partial charge in [-0.1, -0.05) is 30.3 Å². The molecule has 124 valence electrons. The van der Waals surface area contributed by atoms with Crippen LogP contribution in [0, 0.1) is 0 Å². The second-order valence-corrected chi connectivity index (χ2v) is 6.75. The Labute approximate surface area is 156 Å². The third kappa shape index (κ3) is 2.54. The minimum absolute atomic E-state index is 0.106. The van der Waals surface area contributed by atoms with Gasteiger partial charge in [-0.05, 0) is 37.4 Å². The molecule has 0 bridgehead atoms. The molecule has 0 aliphatic carbocycles. The summed E-state index contributed by atoms with van der Waals surface area (Å²) in [6.45, 7) is 1.53. The average Bonchev–Trinajstić information content (AvgIpc) is 2.90. The molecule has 0 amide bonds. The van der Waals surface area contributed by atoms with Gasteiger partial charge in [0, 0.05) is 18.6 Å². The minimum atomic E-state index is -0.106. The van der Waals surface area contributed by atoms with Gasteiger partial charge in [0.15, 0.2) is 0 Å². The number of halogens is 2. The molecule has 0 radical (unpaired) electrons. The summed E-state index contributed by atoms with van der Waals surface area (Å²) in [6.07, 6.45) is 0. The van der Waals surface area contributed by atoms with Crippen molar-refractivity contribution < 1.29 is 14.3 Å². The third-order valence-corrected chi connectivity index (χ3v) is 5.38. The van der Waals surface area contributed by atoms with Crippen molar-refractivity contribution >= 4 is 48.7 Å². The molecule has 0 saturated carbocycles. The van der Waals surface area contributed by atoms with Crippen LogP contribution in [-0.2, 0) is 0 Å². The van der Waals surface area contributed by atoms with E-state index in [1.54, 1.807) is 18.8 Å². The van der Waals surface area contributed by atoms with Gasteiger partial charge >= 0.3 is 0 Å². The highest BCUT2D eigenvalue weighted by Crippen LogP contribution is 2.48. The fourth-order valence-corrected chi connectivity index (χ4v) is 4.34. The van der Waals surface area contributed by atoms with Crippen molar-refractivity contribution in [2.24, 2.45) is 0 Å². The predicted molar refractivity (Wildman–Crippen MR) is 102 cm³/mol. The second kappa shape index (κ2) is 6.61. The van der Waals surface area contributed by atoms with Gasteiger partial charge in [0.1, 0.15) is 16.1 Å². The van der Waals surface area contributed by atoms with E-state index in [0.29, 0.717) is 26.1 Å². The van der Waals surface area contributed by atoms with Crippen molar-refractivity contribution in [2.75, 3.05) is 14.2 Å². The Bertz CT molecular complexity index is 933. The van der Waals surface area contributed by atoms with E-state index in [4.69, 9.17) is 9.47 Å². The SMILES string of the molecule is COc1cc(OC)c2c(-c3ccccc3)c(Br)n(C(C)=O)c2c1Br. The van der Waals surface area contributed by atoms with Gasteiger partial charge in [-0.3, -0.25) is 9.36 Å². The molecule has 0 saturated heterocycles.